The van der Waals surface area contributed by atoms with Crippen molar-refractivity contribution in [2.75, 3.05) is 38.1 Å². The van der Waals surface area contributed by atoms with Gasteiger partial charge in [-0.1, -0.05) is 6.92 Å². The van der Waals surface area contributed by atoms with E-state index in [2.05, 4.69) is 22.2 Å². The molecule has 5 heteroatoms. The zero-order chi connectivity index (χ0) is 11.4. The van der Waals surface area contributed by atoms with Crippen molar-refractivity contribution < 1.29 is 4.74 Å². The highest BCUT2D eigenvalue weighted by Gasteiger charge is 2.18. The molecule has 2 rings (SSSR count). The van der Waals surface area contributed by atoms with Gasteiger partial charge in [0.2, 0.25) is 0 Å². The molecule has 0 aliphatic carbocycles. The summed E-state index contributed by atoms with van der Waals surface area (Å²) in [5, 5.41) is 7.57. The molecule has 1 N–H and O–H groups in total. The lowest BCUT2D eigenvalue weighted by atomic mass is 10.2. The van der Waals surface area contributed by atoms with Crippen LogP contribution < -0.4 is 5.32 Å². The number of hydrogen-bond donors (Lipinski definition) is 1. The van der Waals surface area contributed by atoms with E-state index in [1.54, 1.807) is 4.68 Å². The van der Waals surface area contributed by atoms with E-state index in [1.807, 2.05) is 19.3 Å². The lowest BCUT2D eigenvalue weighted by molar-refractivity contribution is -0.0192. The van der Waals surface area contributed by atoms with Gasteiger partial charge >= 0.3 is 0 Å². The molecule has 1 atom stereocenters. The van der Waals surface area contributed by atoms with Crippen molar-refractivity contribution in [1.29, 1.82) is 0 Å². The van der Waals surface area contributed by atoms with E-state index in [0.29, 0.717) is 0 Å². The highest BCUT2D eigenvalue weighted by atomic mass is 16.5. The summed E-state index contributed by atoms with van der Waals surface area (Å²) < 4.78 is 7.49. The molecule has 0 amide bonds. The van der Waals surface area contributed by atoms with Gasteiger partial charge in [-0.05, 0) is 6.54 Å². The molecule has 1 aliphatic rings. The summed E-state index contributed by atoms with van der Waals surface area (Å²) in [7, 11) is 1.92. The summed E-state index contributed by atoms with van der Waals surface area (Å²) in [5.74, 6) is 0.916. The molecule has 1 aromatic heterocycles. The molecular formula is C11H20N4O. The number of anilines is 1. The number of likely N-dealkylation sites (N-methyl/N-ethyl adjacent to an activating group) is 1. The third-order valence-corrected chi connectivity index (χ3v) is 2.89. The molecule has 0 radical (unpaired) electrons. The molecule has 0 spiro atoms. The van der Waals surface area contributed by atoms with Crippen molar-refractivity contribution in [3.8, 4) is 0 Å². The largest absolute Gasteiger partial charge is 0.374 e. The molecule has 0 aromatic carbocycles. The van der Waals surface area contributed by atoms with Crippen molar-refractivity contribution in [1.82, 2.24) is 14.7 Å². The van der Waals surface area contributed by atoms with Crippen LogP contribution in [0.5, 0.6) is 0 Å². The van der Waals surface area contributed by atoms with E-state index in [4.69, 9.17) is 4.74 Å². The maximum absolute atomic E-state index is 5.70. The van der Waals surface area contributed by atoms with Gasteiger partial charge in [-0.15, -0.1) is 0 Å². The molecule has 1 saturated heterocycles. The van der Waals surface area contributed by atoms with Crippen LogP contribution in [0.4, 0.5) is 5.82 Å². The second-order valence-corrected chi connectivity index (χ2v) is 4.14. The van der Waals surface area contributed by atoms with Crippen LogP contribution in [0.25, 0.3) is 0 Å². The minimum Gasteiger partial charge on any atom is -0.374 e. The van der Waals surface area contributed by atoms with Gasteiger partial charge in [0.05, 0.1) is 12.7 Å². The van der Waals surface area contributed by atoms with E-state index in [1.165, 1.54) is 0 Å². The fourth-order valence-electron chi connectivity index (χ4n) is 1.92. The monoisotopic (exact) mass is 224 g/mol. The Hall–Kier alpha value is -1.07. The topological polar surface area (TPSA) is 42.3 Å². The quantitative estimate of drug-likeness (QED) is 0.811. The smallest absolute Gasteiger partial charge is 0.148 e. The Morgan fingerprint density at radius 3 is 3.19 bits per heavy atom. The number of rotatable bonds is 4. The van der Waals surface area contributed by atoms with Crippen LogP contribution >= 0.6 is 0 Å². The van der Waals surface area contributed by atoms with Crippen LogP contribution in [-0.4, -0.2) is 53.6 Å². The molecule has 2 heterocycles. The molecule has 0 bridgehead atoms. The van der Waals surface area contributed by atoms with Crippen molar-refractivity contribution in [3.05, 3.63) is 12.3 Å². The Morgan fingerprint density at radius 2 is 2.50 bits per heavy atom. The maximum atomic E-state index is 5.70. The Labute approximate surface area is 96.4 Å². The zero-order valence-electron chi connectivity index (χ0n) is 10.0. The van der Waals surface area contributed by atoms with Crippen LogP contribution in [0.3, 0.4) is 0 Å². The Balaban J connectivity index is 1.77. The lowest BCUT2D eigenvalue weighted by Crippen LogP contribution is -2.45. The van der Waals surface area contributed by atoms with E-state index >= 15 is 0 Å². The first-order valence-electron chi connectivity index (χ1n) is 5.85. The fourth-order valence-corrected chi connectivity index (χ4v) is 1.92. The Morgan fingerprint density at radius 1 is 1.62 bits per heavy atom. The summed E-state index contributed by atoms with van der Waals surface area (Å²) in [6.45, 7) is 7.01. The molecule has 1 aromatic rings. The van der Waals surface area contributed by atoms with Gasteiger partial charge in [-0.25, -0.2) is 0 Å². The summed E-state index contributed by atoms with van der Waals surface area (Å²) in [5.41, 5.74) is 0. The van der Waals surface area contributed by atoms with Gasteiger partial charge in [0.15, 0.2) is 0 Å². The Kier molecular flexibility index (Phi) is 3.79. The normalized spacial score (nSPS) is 22.2. The summed E-state index contributed by atoms with van der Waals surface area (Å²) in [4.78, 5) is 2.41. The van der Waals surface area contributed by atoms with Gasteiger partial charge in [0.25, 0.3) is 0 Å². The molecule has 1 aliphatic heterocycles. The second kappa shape index (κ2) is 5.32. The predicted octanol–water partition coefficient (Wildman–Crippen LogP) is 0.553. The zero-order valence-corrected chi connectivity index (χ0v) is 10.0. The van der Waals surface area contributed by atoms with Crippen LogP contribution in [0.1, 0.15) is 6.92 Å². The minimum absolute atomic E-state index is 0.274. The average molecular weight is 224 g/mol. The highest BCUT2D eigenvalue weighted by molar-refractivity contribution is 5.32. The van der Waals surface area contributed by atoms with Crippen molar-refractivity contribution >= 4 is 5.82 Å². The van der Waals surface area contributed by atoms with Gasteiger partial charge in [-0.3, -0.25) is 9.58 Å². The number of nitrogens with zero attached hydrogens (tertiary/aromatic N) is 3. The minimum atomic E-state index is 0.274. The van der Waals surface area contributed by atoms with Crippen LogP contribution in [0, 0.1) is 0 Å². The third-order valence-electron chi connectivity index (χ3n) is 2.89. The number of hydrogen-bond acceptors (Lipinski definition) is 4. The van der Waals surface area contributed by atoms with E-state index in [9.17, 15) is 0 Å². The van der Waals surface area contributed by atoms with Crippen LogP contribution in [0.15, 0.2) is 12.3 Å². The Bertz CT molecular complexity index is 326. The molecule has 16 heavy (non-hydrogen) atoms. The molecule has 5 nitrogen and oxygen atoms in total. The number of aromatic nitrogens is 2. The number of morpholine rings is 1. The van der Waals surface area contributed by atoms with Gasteiger partial charge in [-0.2, -0.15) is 5.10 Å². The first-order valence-corrected chi connectivity index (χ1v) is 5.85. The van der Waals surface area contributed by atoms with Crippen LogP contribution in [-0.2, 0) is 11.8 Å². The van der Waals surface area contributed by atoms with Crippen molar-refractivity contribution in [3.63, 3.8) is 0 Å². The predicted molar refractivity (Wildman–Crippen MR) is 63.6 cm³/mol. The van der Waals surface area contributed by atoms with E-state index in [0.717, 1.165) is 38.6 Å². The summed E-state index contributed by atoms with van der Waals surface area (Å²) >= 11 is 0. The van der Waals surface area contributed by atoms with Crippen molar-refractivity contribution in [2.24, 2.45) is 7.05 Å². The molecule has 0 saturated carbocycles. The number of ether oxygens (including phenoxy) is 1. The third kappa shape index (κ3) is 2.96. The summed E-state index contributed by atoms with van der Waals surface area (Å²) in [6, 6.07) is 1.97. The first-order chi connectivity index (χ1) is 7.78. The lowest BCUT2D eigenvalue weighted by Gasteiger charge is -2.32. The van der Waals surface area contributed by atoms with Gasteiger partial charge in [0, 0.05) is 38.9 Å². The molecule has 90 valence electrons. The van der Waals surface area contributed by atoms with Crippen LogP contribution in [0.2, 0.25) is 0 Å². The summed E-state index contributed by atoms with van der Waals surface area (Å²) in [6.07, 6.45) is 2.21. The SMILES string of the molecule is CCN1CCOC(CNc2ccn(C)n2)C1. The molecular weight excluding hydrogens is 204 g/mol. The number of aryl methyl sites for hydroxylation is 1. The van der Waals surface area contributed by atoms with Gasteiger partial charge < -0.3 is 10.1 Å². The number of nitrogens with one attached hydrogen (secondary N) is 1. The fraction of sp³-hybridized carbons (Fsp3) is 0.727. The first kappa shape index (κ1) is 11.4. The second-order valence-electron chi connectivity index (χ2n) is 4.14. The molecule has 1 fully saturated rings. The van der Waals surface area contributed by atoms with E-state index in [-0.39, 0.29) is 6.10 Å². The molecule has 1 unspecified atom stereocenters. The van der Waals surface area contributed by atoms with Crippen molar-refractivity contribution in [2.45, 2.75) is 13.0 Å². The van der Waals surface area contributed by atoms with Gasteiger partial charge in [0.1, 0.15) is 5.82 Å². The van der Waals surface area contributed by atoms with E-state index < -0.39 is 0 Å². The maximum Gasteiger partial charge on any atom is 0.148 e. The average Bonchev–Trinajstić information content (AvgIpc) is 2.73. The highest BCUT2D eigenvalue weighted by Crippen LogP contribution is 2.07. The standard InChI is InChI=1S/C11H20N4O/c1-3-15-6-7-16-10(9-15)8-12-11-4-5-14(2)13-11/h4-5,10H,3,6-9H2,1-2H3,(H,12,13).